The van der Waals surface area contributed by atoms with Gasteiger partial charge in [-0.15, -0.1) is 0 Å². The number of hydrogen-bond donors (Lipinski definition) is 1. The fourth-order valence-electron chi connectivity index (χ4n) is 1.91. The standard InChI is InChI=1S/C16H19BrN2O2/c1-4-18-9-12-8-13(17)10-19-16(12)21-14-6-5-11(2)7-15(14)20-3/h5-8,10,18H,4,9H2,1-3H3. The molecule has 0 unspecified atom stereocenters. The SMILES string of the molecule is CCNCc1cc(Br)cnc1Oc1ccc(C)cc1OC. The molecule has 112 valence electrons. The zero-order valence-electron chi connectivity index (χ0n) is 12.4. The van der Waals surface area contributed by atoms with Crippen LogP contribution in [-0.4, -0.2) is 18.6 Å². The third kappa shape index (κ3) is 4.19. The van der Waals surface area contributed by atoms with Crippen molar-refractivity contribution < 1.29 is 9.47 Å². The summed E-state index contributed by atoms with van der Waals surface area (Å²) >= 11 is 3.44. The lowest BCUT2D eigenvalue weighted by atomic mass is 10.2. The Morgan fingerprint density at radius 1 is 1.24 bits per heavy atom. The molecule has 0 bridgehead atoms. The van der Waals surface area contributed by atoms with Gasteiger partial charge in [0.05, 0.1) is 7.11 Å². The maximum absolute atomic E-state index is 5.94. The van der Waals surface area contributed by atoms with Crippen LogP contribution in [0.2, 0.25) is 0 Å². The molecule has 1 aromatic carbocycles. The number of ether oxygens (including phenoxy) is 2. The van der Waals surface area contributed by atoms with E-state index in [0.717, 1.165) is 22.1 Å². The Morgan fingerprint density at radius 2 is 2.05 bits per heavy atom. The third-order valence-corrected chi connectivity index (χ3v) is 3.42. The summed E-state index contributed by atoms with van der Waals surface area (Å²) in [4.78, 5) is 4.36. The average Bonchev–Trinajstić information content (AvgIpc) is 2.48. The Morgan fingerprint density at radius 3 is 2.76 bits per heavy atom. The van der Waals surface area contributed by atoms with Crippen LogP contribution in [0.15, 0.2) is 34.9 Å². The van der Waals surface area contributed by atoms with Crippen LogP contribution < -0.4 is 14.8 Å². The Bertz CT molecular complexity index is 617. The number of hydrogen-bond acceptors (Lipinski definition) is 4. The fraction of sp³-hybridized carbons (Fsp3) is 0.312. The summed E-state index contributed by atoms with van der Waals surface area (Å²) in [5.41, 5.74) is 2.12. The monoisotopic (exact) mass is 350 g/mol. The Hall–Kier alpha value is -1.59. The molecule has 0 radical (unpaired) electrons. The number of rotatable bonds is 6. The number of aromatic nitrogens is 1. The predicted molar refractivity (Wildman–Crippen MR) is 87.1 cm³/mol. The van der Waals surface area contributed by atoms with Crippen molar-refractivity contribution in [3.63, 3.8) is 0 Å². The molecule has 1 N–H and O–H groups in total. The van der Waals surface area contributed by atoms with Gasteiger partial charge >= 0.3 is 0 Å². The normalized spacial score (nSPS) is 10.5. The molecule has 0 spiro atoms. The zero-order chi connectivity index (χ0) is 15.2. The maximum Gasteiger partial charge on any atom is 0.223 e. The van der Waals surface area contributed by atoms with E-state index in [0.29, 0.717) is 23.9 Å². The van der Waals surface area contributed by atoms with Gasteiger partial charge in [-0.2, -0.15) is 0 Å². The second-order valence-corrected chi connectivity index (χ2v) is 5.57. The van der Waals surface area contributed by atoms with Crippen LogP contribution >= 0.6 is 15.9 Å². The zero-order valence-corrected chi connectivity index (χ0v) is 14.0. The Kier molecular flexibility index (Phi) is 5.59. The summed E-state index contributed by atoms with van der Waals surface area (Å²) in [5.74, 6) is 1.95. The molecule has 0 saturated heterocycles. The molecule has 1 heterocycles. The molecule has 0 fully saturated rings. The molecule has 0 aliphatic rings. The van der Waals surface area contributed by atoms with Crippen LogP contribution in [0.5, 0.6) is 17.4 Å². The van der Waals surface area contributed by atoms with Gasteiger partial charge in [0.15, 0.2) is 11.5 Å². The fourth-order valence-corrected chi connectivity index (χ4v) is 2.29. The molecule has 0 saturated carbocycles. The van der Waals surface area contributed by atoms with Crippen molar-refractivity contribution in [2.75, 3.05) is 13.7 Å². The van der Waals surface area contributed by atoms with Crippen LogP contribution in [0.3, 0.4) is 0 Å². The molecule has 4 nitrogen and oxygen atoms in total. The highest BCUT2D eigenvalue weighted by atomic mass is 79.9. The van der Waals surface area contributed by atoms with E-state index >= 15 is 0 Å². The molecule has 21 heavy (non-hydrogen) atoms. The van der Waals surface area contributed by atoms with E-state index in [2.05, 4.69) is 33.2 Å². The number of nitrogens with one attached hydrogen (secondary N) is 1. The molecular formula is C16H19BrN2O2. The summed E-state index contributed by atoms with van der Waals surface area (Å²) in [5, 5.41) is 3.28. The Balaban J connectivity index is 2.30. The minimum absolute atomic E-state index is 0.585. The van der Waals surface area contributed by atoms with Crippen molar-refractivity contribution >= 4 is 15.9 Å². The molecular weight excluding hydrogens is 332 g/mol. The minimum atomic E-state index is 0.585. The smallest absolute Gasteiger partial charge is 0.223 e. The van der Waals surface area contributed by atoms with Gasteiger partial charge in [0.25, 0.3) is 0 Å². The van der Waals surface area contributed by atoms with Crippen LogP contribution in [-0.2, 0) is 6.54 Å². The van der Waals surface area contributed by atoms with Crippen molar-refractivity contribution in [2.45, 2.75) is 20.4 Å². The lowest BCUT2D eigenvalue weighted by Gasteiger charge is -2.13. The van der Waals surface area contributed by atoms with Gasteiger partial charge in [0, 0.05) is 22.8 Å². The van der Waals surface area contributed by atoms with E-state index in [1.165, 1.54) is 0 Å². The molecule has 2 aromatic rings. The summed E-state index contributed by atoms with van der Waals surface area (Å²) in [6.45, 7) is 5.67. The summed E-state index contributed by atoms with van der Waals surface area (Å²) in [6, 6.07) is 7.83. The van der Waals surface area contributed by atoms with Gasteiger partial charge < -0.3 is 14.8 Å². The number of halogens is 1. The maximum atomic E-state index is 5.94. The van der Waals surface area contributed by atoms with Crippen molar-refractivity contribution in [3.8, 4) is 17.4 Å². The molecule has 0 atom stereocenters. The van der Waals surface area contributed by atoms with E-state index in [4.69, 9.17) is 9.47 Å². The van der Waals surface area contributed by atoms with E-state index in [1.54, 1.807) is 13.3 Å². The van der Waals surface area contributed by atoms with E-state index in [1.807, 2.05) is 31.2 Å². The third-order valence-electron chi connectivity index (χ3n) is 2.98. The lowest BCUT2D eigenvalue weighted by molar-refractivity contribution is 0.371. The lowest BCUT2D eigenvalue weighted by Crippen LogP contribution is -2.13. The number of nitrogens with zero attached hydrogens (tertiary/aromatic N) is 1. The summed E-state index contributed by atoms with van der Waals surface area (Å²) < 4.78 is 12.2. The van der Waals surface area contributed by atoms with E-state index < -0.39 is 0 Å². The number of aryl methyl sites for hydroxylation is 1. The van der Waals surface area contributed by atoms with E-state index in [-0.39, 0.29) is 0 Å². The van der Waals surface area contributed by atoms with Crippen LogP contribution in [0.4, 0.5) is 0 Å². The van der Waals surface area contributed by atoms with Crippen molar-refractivity contribution in [1.82, 2.24) is 10.3 Å². The number of pyridine rings is 1. The van der Waals surface area contributed by atoms with E-state index in [9.17, 15) is 0 Å². The first-order valence-corrected chi connectivity index (χ1v) is 7.61. The topological polar surface area (TPSA) is 43.4 Å². The second kappa shape index (κ2) is 7.43. The molecule has 0 aliphatic carbocycles. The van der Waals surface area contributed by atoms with Crippen LogP contribution in [0.1, 0.15) is 18.1 Å². The van der Waals surface area contributed by atoms with Gasteiger partial charge in [-0.25, -0.2) is 4.98 Å². The predicted octanol–water partition coefficient (Wildman–Crippen LogP) is 4.06. The second-order valence-electron chi connectivity index (χ2n) is 4.65. The molecule has 0 aliphatic heterocycles. The number of methoxy groups -OCH3 is 1. The number of benzene rings is 1. The minimum Gasteiger partial charge on any atom is -0.493 e. The highest BCUT2D eigenvalue weighted by molar-refractivity contribution is 9.10. The summed E-state index contributed by atoms with van der Waals surface area (Å²) in [6.07, 6.45) is 1.73. The van der Waals surface area contributed by atoms with Gasteiger partial charge in [-0.1, -0.05) is 13.0 Å². The average molecular weight is 351 g/mol. The molecule has 2 rings (SSSR count). The van der Waals surface area contributed by atoms with Crippen LogP contribution in [0, 0.1) is 6.92 Å². The first kappa shape index (κ1) is 15.8. The Labute approximate surface area is 133 Å². The van der Waals surface area contributed by atoms with Crippen LogP contribution in [0.25, 0.3) is 0 Å². The van der Waals surface area contributed by atoms with Gasteiger partial charge in [-0.3, -0.25) is 0 Å². The first-order chi connectivity index (χ1) is 10.1. The highest BCUT2D eigenvalue weighted by Crippen LogP contribution is 2.33. The van der Waals surface area contributed by atoms with Gasteiger partial charge in [-0.05, 0) is 53.2 Å². The van der Waals surface area contributed by atoms with Gasteiger partial charge in [0.2, 0.25) is 5.88 Å². The molecule has 1 aromatic heterocycles. The largest absolute Gasteiger partial charge is 0.493 e. The molecule has 5 heteroatoms. The summed E-state index contributed by atoms with van der Waals surface area (Å²) in [7, 11) is 1.64. The quantitative estimate of drug-likeness (QED) is 0.852. The van der Waals surface area contributed by atoms with Gasteiger partial charge in [0.1, 0.15) is 0 Å². The van der Waals surface area contributed by atoms with Crippen molar-refractivity contribution in [1.29, 1.82) is 0 Å². The van der Waals surface area contributed by atoms with Crippen molar-refractivity contribution in [3.05, 3.63) is 46.1 Å². The van der Waals surface area contributed by atoms with Crippen molar-refractivity contribution in [2.24, 2.45) is 0 Å². The highest BCUT2D eigenvalue weighted by Gasteiger charge is 2.11. The first-order valence-electron chi connectivity index (χ1n) is 6.81. The molecule has 0 amide bonds.